The van der Waals surface area contributed by atoms with E-state index in [-0.39, 0.29) is 30.4 Å². The van der Waals surface area contributed by atoms with Gasteiger partial charge in [-0.15, -0.1) is 0 Å². The summed E-state index contributed by atoms with van der Waals surface area (Å²) in [6.45, 7) is 4.19. The maximum atomic E-state index is 12.9. The van der Waals surface area contributed by atoms with Gasteiger partial charge in [0.1, 0.15) is 5.82 Å². The zero-order valence-corrected chi connectivity index (χ0v) is 14.8. The van der Waals surface area contributed by atoms with E-state index in [0.717, 1.165) is 18.4 Å². The SMILES string of the molecule is CCOC(=O)N1CCC(NC(=O)CN(C)Cc2ccc(F)cc2)CC1. The number of hydrogen-bond donors (Lipinski definition) is 1. The molecule has 2 amide bonds. The van der Waals surface area contributed by atoms with Gasteiger partial charge in [-0.25, -0.2) is 9.18 Å². The molecule has 1 aliphatic rings. The van der Waals surface area contributed by atoms with Crippen LogP contribution in [0.15, 0.2) is 24.3 Å². The second-order valence-corrected chi connectivity index (χ2v) is 6.33. The molecule has 0 aliphatic carbocycles. The van der Waals surface area contributed by atoms with Crippen LogP contribution in [0.25, 0.3) is 0 Å². The van der Waals surface area contributed by atoms with E-state index in [4.69, 9.17) is 4.74 Å². The van der Waals surface area contributed by atoms with E-state index in [1.807, 2.05) is 11.9 Å². The van der Waals surface area contributed by atoms with Crippen LogP contribution in [0.3, 0.4) is 0 Å². The molecule has 1 aliphatic heterocycles. The first-order valence-electron chi connectivity index (χ1n) is 8.62. The van der Waals surface area contributed by atoms with Crippen molar-refractivity contribution in [2.75, 3.05) is 33.3 Å². The maximum Gasteiger partial charge on any atom is 0.409 e. The number of nitrogens with zero attached hydrogens (tertiary/aromatic N) is 2. The fraction of sp³-hybridized carbons (Fsp3) is 0.556. The van der Waals surface area contributed by atoms with Gasteiger partial charge in [0.05, 0.1) is 13.2 Å². The number of nitrogens with one attached hydrogen (secondary N) is 1. The zero-order chi connectivity index (χ0) is 18.2. The van der Waals surface area contributed by atoms with Crippen molar-refractivity contribution in [3.05, 3.63) is 35.6 Å². The van der Waals surface area contributed by atoms with Crippen molar-refractivity contribution < 1.29 is 18.7 Å². The molecule has 0 saturated carbocycles. The Hall–Kier alpha value is -2.15. The van der Waals surface area contributed by atoms with Crippen LogP contribution in [-0.2, 0) is 16.1 Å². The van der Waals surface area contributed by atoms with Crippen LogP contribution in [0.5, 0.6) is 0 Å². The van der Waals surface area contributed by atoms with E-state index in [0.29, 0.717) is 26.2 Å². The summed E-state index contributed by atoms with van der Waals surface area (Å²) < 4.78 is 17.9. The first kappa shape index (κ1) is 19.2. The van der Waals surface area contributed by atoms with Crippen LogP contribution in [0, 0.1) is 5.82 Å². The van der Waals surface area contributed by atoms with Crippen molar-refractivity contribution in [2.24, 2.45) is 0 Å². The Morgan fingerprint density at radius 2 is 1.92 bits per heavy atom. The molecule has 0 spiro atoms. The maximum absolute atomic E-state index is 12.9. The number of ether oxygens (including phenoxy) is 1. The van der Waals surface area contributed by atoms with E-state index in [1.54, 1.807) is 24.0 Å². The number of amides is 2. The number of carbonyl (C=O) groups excluding carboxylic acids is 2. The number of likely N-dealkylation sites (N-methyl/N-ethyl adjacent to an activating group) is 1. The molecular weight excluding hydrogens is 325 g/mol. The zero-order valence-electron chi connectivity index (χ0n) is 14.8. The highest BCUT2D eigenvalue weighted by Crippen LogP contribution is 2.12. The van der Waals surface area contributed by atoms with E-state index >= 15 is 0 Å². The molecule has 6 nitrogen and oxygen atoms in total. The summed E-state index contributed by atoms with van der Waals surface area (Å²) in [5.41, 5.74) is 0.958. The number of carbonyl (C=O) groups is 2. The number of piperidine rings is 1. The third kappa shape index (κ3) is 6.34. The molecule has 0 unspecified atom stereocenters. The summed E-state index contributed by atoms with van der Waals surface area (Å²) in [4.78, 5) is 27.4. The average molecular weight is 351 g/mol. The quantitative estimate of drug-likeness (QED) is 0.851. The Labute approximate surface area is 147 Å². The lowest BCUT2D eigenvalue weighted by Gasteiger charge is -2.32. The van der Waals surface area contributed by atoms with Gasteiger partial charge in [0.25, 0.3) is 0 Å². The van der Waals surface area contributed by atoms with Crippen molar-refractivity contribution in [3.63, 3.8) is 0 Å². The highest BCUT2D eigenvalue weighted by Gasteiger charge is 2.24. The van der Waals surface area contributed by atoms with Crippen molar-refractivity contribution in [3.8, 4) is 0 Å². The molecular formula is C18H26FN3O3. The molecule has 25 heavy (non-hydrogen) atoms. The molecule has 2 rings (SSSR count). The van der Waals surface area contributed by atoms with Crippen LogP contribution in [0.4, 0.5) is 9.18 Å². The Bertz CT molecular complexity index is 571. The Kier molecular flexibility index (Phi) is 7.18. The van der Waals surface area contributed by atoms with Gasteiger partial charge in [0, 0.05) is 25.7 Å². The molecule has 1 heterocycles. The molecule has 0 bridgehead atoms. The molecule has 0 radical (unpaired) electrons. The van der Waals surface area contributed by atoms with Crippen molar-refractivity contribution in [2.45, 2.75) is 32.4 Å². The summed E-state index contributed by atoms with van der Waals surface area (Å²) in [7, 11) is 1.85. The summed E-state index contributed by atoms with van der Waals surface area (Å²) in [5.74, 6) is -0.308. The van der Waals surface area contributed by atoms with Gasteiger partial charge >= 0.3 is 6.09 Å². The summed E-state index contributed by atoms with van der Waals surface area (Å²) >= 11 is 0. The van der Waals surface area contributed by atoms with Gasteiger partial charge in [-0.3, -0.25) is 9.69 Å². The predicted octanol–water partition coefficient (Wildman–Crippen LogP) is 1.99. The minimum absolute atomic E-state index is 0.0424. The highest BCUT2D eigenvalue weighted by atomic mass is 19.1. The molecule has 1 aromatic carbocycles. The minimum atomic E-state index is -0.286. The second-order valence-electron chi connectivity index (χ2n) is 6.33. The number of halogens is 1. The van der Waals surface area contributed by atoms with E-state index < -0.39 is 0 Å². The number of benzene rings is 1. The third-order valence-corrected chi connectivity index (χ3v) is 4.17. The smallest absolute Gasteiger partial charge is 0.409 e. The Balaban J connectivity index is 1.70. The molecule has 1 fully saturated rings. The molecule has 0 atom stereocenters. The van der Waals surface area contributed by atoms with Crippen molar-refractivity contribution in [1.29, 1.82) is 0 Å². The summed E-state index contributed by atoms with van der Waals surface area (Å²) in [6.07, 6.45) is 1.17. The molecule has 1 saturated heterocycles. The standard InChI is InChI=1S/C18H26FN3O3/c1-3-25-18(24)22-10-8-16(9-11-22)20-17(23)13-21(2)12-14-4-6-15(19)7-5-14/h4-7,16H,3,8-13H2,1-2H3,(H,20,23). The van der Waals surface area contributed by atoms with Crippen LogP contribution < -0.4 is 5.32 Å². The van der Waals surface area contributed by atoms with Gasteiger partial charge in [0.15, 0.2) is 0 Å². The van der Waals surface area contributed by atoms with Gasteiger partial charge in [-0.05, 0) is 44.5 Å². The fourth-order valence-electron chi connectivity index (χ4n) is 2.90. The monoisotopic (exact) mass is 351 g/mol. The lowest BCUT2D eigenvalue weighted by atomic mass is 10.1. The first-order valence-corrected chi connectivity index (χ1v) is 8.62. The van der Waals surface area contributed by atoms with Crippen LogP contribution in [0.2, 0.25) is 0 Å². The normalized spacial score (nSPS) is 15.3. The largest absolute Gasteiger partial charge is 0.450 e. The fourth-order valence-corrected chi connectivity index (χ4v) is 2.90. The lowest BCUT2D eigenvalue weighted by Crippen LogP contribution is -2.48. The Morgan fingerprint density at radius 3 is 2.52 bits per heavy atom. The third-order valence-electron chi connectivity index (χ3n) is 4.17. The first-order chi connectivity index (χ1) is 12.0. The van der Waals surface area contributed by atoms with Crippen molar-refractivity contribution >= 4 is 12.0 Å². The van der Waals surface area contributed by atoms with E-state index in [9.17, 15) is 14.0 Å². The highest BCUT2D eigenvalue weighted by molar-refractivity contribution is 5.78. The molecule has 0 aromatic heterocycles. The lowest BCUT2D eigenvalue weighted by molar-refractivity contribution is -0.123. The number of hydrogen-bond acceptors (Lipinski definition) is 4. The van der Waals surface area contributed by atoms with Gasteiger partial charge in [0.2, 0.25) is 5.91 Å². The topological polar surface area (TPSA) is 61.9 Å². The molecule has 138 valence electrons. The second kappa shape index (κ2) is 9.36. The molecule has 1 aromatic rings. The minimum Gasteiger partial charge on any atom is -0.450 e. The van der Waals surface area contributed by atoms with Crippen LogP contribution >= 0.6 is 0 Å². The van der Waals surface area contributed by atoms with E-state index in [1.165, 1.54) is 12.1 Å². The summed E-state index contributed by atoms with van der Waals surface area (Å²) in [5, 5.41) is 3.02. The summed E-state index contributed by atoms with van der Waals surface area (Å²) in [6, 6.07) is 6.35. The Morgan fingerprint density at radius 1 is 1.28 bits per heavy atom. The molecule has 7 heteroatoms. The molecule has 1 N–H and O–H groups in total. The number of likely N-dealkylation sites (tertiary alicyclic amines) is 1. The number of rotatable bonds is 6. The van der Waals surface area contributed by atoms with Crippen LogP contribution in [0.1, 0.15) is 25.3 Å². The van der Waals surface area contributed by atoms with Gasteiger partial charge < -0.3 is 15.0 Å². The average Bonchev–Trinajstić information content (AvgIpc) is 2.57. The van der Waals surface area contributed by atoms with E-state index in [2.05, 4.69) is 5.32 Å². The predicted molar refractivity (Wildman–Crippen MR) is 92.5 cm³/mol. The van der Waals surface area contributed by atoms with Crippen LogP contribution in [-0.4, -0.2) is 61.1 Å². The van der Waals surface area contributed by atoms with Crippen molar-refractivity contribution in [1.82, 2.24) is 15.1 Å². The van der Waals surface area contributed by atoms with Gasteiger partial charge in [-0.2, -0.15) is 0 Å². The van der Waals surface area contributed by atoms with Gasteiger partial charge in [-0.1, -0.05) is 12.1 Å².